The predicted molar refractivity (Wildman–Crippen MR) is 79.8 cm³/mol. The number of carbonyl (C=O) groups excluding carboxylic acids is 1. The molecule has 1 saturated carbocycles. The molecule has 7 nitrogen and oxygen atoms in total. The molecule has 1 aromatic rings. The number of likely N-dealkylation sites (tertiary alicyclic amines) is 1. The van der Waals surface area contributed by atoms with E-state index in [-0.39, 0.29) is 31.5 Å². The number of alkyl halides is 1. The third-order valence-electron chi connectivity index (χ3n) is 4.71. The van der Waals surface area contributed by atoms with Crippen LogP contribution < -0.4 is 5.32 Å². The van der Waals surface area contributed by atoms with Gasteiger partial charge in [0.2, 0.25) is 5.91 Å². The maximum Gasteiger partial charge on any atom is 0.237 e. The summed E-state index contributed by atoms with van der Waals surface area (Å²) in [6.07, 6.45) is 5.38. The van der Waals surface area contributed by atoms with E-state index in [0.717, 1.165) is 25.8 Å². The first-order valence-electron chi connectivity index (χ1n) is 8.04. The van der Waals surface area contributed by atoms with E-state index in [0.29, 0.717) is 5.92 Å². The summed E-state index contributed by atoms with van der Waals surface area (Å²) in [4.78, 5) is 17.5. The van der Waals surface area contributed by atoms with E-state index >= 15 is 0 Å². The Bertz CT molecular complexity index is 571. The van der Waals surface area contributed by atoms with E-state index < -0.39 is 12.2 Å². The number of halogens is 1. The lowest BCUT2D eigenvalue weighted by Gasteiger charge is -2.21. The Morgan fingerprint density at radius 3 is 3.04 bits per heavy atom. The molecule has 1 amide bonds. The molecular weight excluding hydrogens is 299 g/mol. The van der Waals surface area contributed by atoms with Crippen LogP contribution >= 0.6 is 0 Å². The minimum Gasteiger partial charge on any atom is -0.323 e. The lowest BCUT2D eigenvalue weighted by Crippen LogP contribution is -2.43. The summed E-state index contributed by atoms with van der Waals surface area (Å²) >= 11 is 0. The Labute approximate surface area is 134 Å². The van der Waals surface area contributed by atoms with Crippen LogP contribution in [0, 0.1) is 17.2 Å². The Kier molecular flexibility index (Phi) is 4.86. The lowest BCUT2D eigenvalue weighted by molar-refractivity contribution is -0.130. The van der Waals surface area contributed by atoms with Gasteiger partial charge in [0.15, 0.2) is 0 Å². The van der Waals surface area contributed by atoms with Crippen molar-refractivity contribution in [3.05, 3.63) is 12.7 Å². The van der Waals surface area contributed by atoms with Gasteiger partial charge in [-0.05, 0) is 25.2 Å². The lowest BCUT2D eigenvalue weighted by atomic mass is 10.1. The molecule has 0 aromatic carbocycles. The zero-order valence-corrected chi connectivity index (χ0v) is 12.9. The van der Waals surface area contributed by atoms with Gasteiger partial charge in [-0.25, -0.2) is 9.37 Å². The number of nitriles is 1. The molecule has 1 aliphatic heterocycles. The van der Waals surface area contributed by atoms with Gasteiger partial charge in [-0.2, -0.15) is 10.4 Å². The topological polar surface area (TPSA) is 86.8 Å². The number of hydrogen-bond donors (Lipinski definition) is 1. The molecule has 3 rings (SSSR count). The summed E-state index contributed by atoms with van der Waals surface area (Å²) in [5.74, 6) is 0.342. The molecule has 8 heteroatoms. The minimum atomic E-state index is -1.08. The summed E-state index contributed by atoms with van der Waals surface area (Å²) in [6.45, 7) is 1.06. The molecule has 2 unspecified atom stereocenters. The normalized spacial score (nSPS) is 30.5. The first-order chi connectivity index (χ1) is 11.2. The summed E-state index contributed by atoms with van der Waals surface area (Å²) in [5, 5.41) is 16.4. The van der Waals surface area contributed by atoms with Gasteiger partial charge < -0.3 is 10.2 Å². The minimum absolute atomic E-state index is 0.0400. The largest absolute Gasteiger partial charge is 0.323 e. The van der Waals surface area contributed by atoms with Crippen LogP contribution in [0.25, 0.3) is 0 Å². The molecule has 1 N–H and O–H groups in total. The van der Waals surface area contributed by atoms with Crippen molar-refractivity contribution in [2.24, 2.45) is 5.92 Å². The van der Waals surface area contributed by atoms with Crippen molar-refractivity contribution in [2.75, 3.05) is 13.1 Å². The average molecular weight is 320 g/mol. The second-order valence-electron chi connectivity index (χ2n) is 6.40. The van der Waals surface area contributed by atoms with Gasteiger partial charge in [-0.15, -0.1) is 0 Å². The van der Waals surface area contributed by atoms with E-state index in [2.05, 4.69) is 15.4 Å². The third kappa shape index (κ3) is 3.85. The van der Waals surface area contributed by atoms with Gasteiger partial charge in [-0.3, -0.25) is 9.48 Å². The van der Waals surface area contributed by atoms with Crippen molar-refractivity contribution in [3.8, 4) is 6.07 Å². The van der Waals surface area contributed by atoms with E-state index in [9.17, 15) is 9.18 Å². The first-order valence-corrected chi connectivity index (χ1v) is 8.04. The van der Waals surface area contributed by atoms with Crippen molar-refractivity contribution in [1.29, 1.82) is 5.26 Å². The van der Waals surface area contributed by atoms with Crippen LogP contribution in [-0.4, -0.2) is 56.9 Å². The molecule has 1 aliphatic carbocycles. The number of hydrogen-bond acceptors (Lipinski definition) is 5. The molecule has 1 saturated heterocycles. The molecule has 23 heavy (non-hydrogen) atoms. The highest BCUT2D eigenvalue weighted by atomic mass is 19.1. The highest BCUT2D eigenvalue weighted by Crippen LogP contribution is 2.27. The fourth-order valence-corrected chi connectivity index (χ4v) is 3.53. The summed E-state index contributed by atoms with van der Waals surface area (Å²) in [7, 11) is 0. The maximum absolute atomic E-state index is 13.4. The van der Waals surface area contributed by atoms with Crippen molar-refractivity contribution < 1.29 is 9.18 Å². The molecule has 1 aromatic heterocycles. The van der Waals surface area contributed by atoms with Crippen LogP contribution in [0.1, 0.15) is 25.7 Å². The molecule has 124 valence electrons. The van der Waals surface area contributed by atoms with Crippen LogP contribution in [0.2, 0.25) is 0 Å². The average Bonchev–Trinajstić information content (AvgIpc) is 3.26. The van der Waals surface area contributed by atoms with Crippen LogP contribution in [0.5, 0.6) is 0 Å². The molecule has 2 heterocycles. The van der Waals surface area contributed by atoms with Crippen molar-refractivity contribution in [2.45, 2.75) is 50.5 Å². The van der Waals surface area contributed by atoms with Crippen LogP contribution in [0.15, 0.2) is 12.7 Å². The molecule has 0 spiro atoms. The van der Waals surface area contributed by atoms with E-state index in [1.807, 2.05) is 10.8 Å². The van der Waals surface area contributed by atoms with Gasteiger partial charge in [0, 0.05) is 19.0 Å². The van der Waals surface area contributed by atoms with Gasteiger partial charge in [-0.1, -0.05) is 0 Å². The number of aromatic nitrogens is 3. The zero-order valence-electron chi connectivity index (χ0n) is 12.9. The highest BCUT2D eigenvalue weighted by molar-refractivity contribution is 5.79. The summed E-state index contributed by atoms with van der Waals surface area (Å²) in [5.41, 5.74) is 0. The molecule has 2 aliphatic rings. The molecule has 0 radical (unpaired) electrons. The van der Waals surface area contributed by atoms with Gasteiger partial charge in [0.25, 0.3) is 0 Å². The Morgan fingerprint density at radius 2 is 2.30 bits per heavy atom. The predicted octanol–water partition coefficient (Wildman–Crippen LogP) is 0.499. The van der Waals surface area contributed by atoms with E-state index in [1.165, 1.54) is 11.2 Å². The maximum atomic E-state index is 13.4. The second-order valence-corrected chi connectivity index (χ2v) is 6.40. The van der Waals surface area contributed by atoms with Gasteiger partial charge in [0.1, 0.15) is 24.9 Å². The fraction of sp³-hybridized carbons (Fsp3) is 0.733. The van der Waals surface area contributed by atoms with Crippen molar-refractivity contribution >= 4 is 5.91 Å². The number of amides is 1. The summed E-state index contributed by atoms with van der Waals surface area (Å²) < 4.78 is 15.2. The fourth-order valence-electron chi connectivity index (χ4n) is 3.53. The number of nitrogens with zero attached hydrogens (tertiary/aromatic N) is 5. The van der Waals surface area contributed by atoms with Crippen molar-refractivity contribution in [3.63, 3.8) is 0 Å². The quantitative estimate of drug-likeness (QED) is 0.853. The zero-order chi connectivity index (χ0) is 16.2. The smallest absolute Gasteiger partial charge is 0.237 e. The van der Waals surface area contributed by atoms with Gasteiger partial charge >= 0.3 is 0 Å². The van der Waals surface area contributed by atoms with E-state index in [4.69, 9.17) is 5.26 Å². The van der Waals surface area contributed by atoms with Crippen LogP contribution in [-0.2, 0) is 11.3 Å². The monoisotopic (exact) mass is 320 g/mol. The highest BCUT2D eigenvalue weighted by Gasteiger charge is 2.35. The number of rotatable bonds is 5. The standard InChI is InChI=1S/C15H21FN6O/c16-12-4-14(5-17)22(8-12)15(23)6-19-13-2-1-11(3-13)7-21-10-18-9-20-21/h9-14,19H,1-4,6-8H2/t11?,12?,13-,14+/m1/s1. The SMILES string of the molecule is N#C[C@@H]1CC(F)CN1C(=O)CN[C@@H]1CCC(Cn2cncn2)C1. The van der Waals surface area contributed by atoms with Crippen molar-refractivity contribution in [1.82, 2.24) is 25.0 Å². The number of nitrogens with one attached hydrogen (secondary N) is 1. The molecular formula is C15H21FN6O. The molecule has 4 atom stereocenters. The first kappa shape index (κ1) is 15.9. The van der Waals surface area contributed by atoms with Crippen LogP contribution in [0.4, 0.5) is 4.39 Å². The number of carbonyl (C=O) groups is 1. The Balaban J connectivity index is 1.42. The Morgan fingerprint density at radius 1 is 1.43 bits per heavy atom. The molecule has 0 bridgehead atoms. The summed E-state index contributed by atoms with van der Waals surface area (Å²) in [6, 6.07) is 1.67. The third-order valence-corrected chi connectivity index (χ3v) is 4.71. The second kappa shape index (κ2) is 7.04. The Hall–Kier alpha value is -2.01. The van der Waals surface area contributed by atoms with Gasteiger partial charge in [0.05, 0.1) is 19.2 Å². The van der Waals surface area contributed by atoms with E-state index in [1.54, 1.807) is 6.33 Å². The molecule has 2 fully saturated rings. The van der Waals surface area contributed by atoms with Crippen LogP contribution in [0.3, 0.4) is 0 Å².